The van der Waals surface area contributed by atoms with Gasteiger partial charge in [0.1, 0.15) is 22.7 Å². The number of benzene rings is 1. The lowest BCUT2D eigenvalue weighted by molar-refractivity contribution is 0.0999. The van der Waals surface area contributed by atoms with Gasteiger partial charge in [0.15, 0.2) is 0 Å². The van der Waals surface area contributed by atoms with Gasteiger partial charge in [0.05, 0.1) is 17.9 Å². The summed E-state index contributed by atoms with van der Waals surface area (Å²) in [6.07, 6.45) is 4.14. The van der Waals surface area contributed by atoms with Crippen LogP contribution in [0.4, 0.5) is 0 Å². The number of fused-ring (bicyclic) bond motifs is 1. The highest BCUT2D eigenvalue weighted by Crippen LogP contribution is 2.41. The number of amides is 1. The number of primary amides is 1. The standard InChI is InChI=1S/C24H26N4O4/c25-22(30)17-10-16-15(14-6-8-26-9-7-14)11-18(27-23(16)28-24(17)31)21-19(29)2-1-3-20(21)32-12-13-4-5-13/h1-3,10-11,13-14,26,29H,4-9,12H2,(H2,25,30)(H,27,28,31). The van der Waals surface area contributed by atoms with E-state index in [9.17, 15) is 14.7 Å². The number of aromatic hydroxyl groups is 1. The van der Waals surface area contributed by atoms with E-state index in [2.05, 4.69) is 15.3 Å². The van der Waals surface area contributed by atoms with Crippen molar-refractivity contribution in [2.24, 2.45) is 11.7 Å². The van der Waals surface area contributed by atoms with Crippen LogP contribution in [0.25, 0.3) is 22.3 Å². The van der Waals surface area contributed by atoms with Crippen molar-refractivity contribution < 1.29 is 14.6 Å². The molecule has 2 aromatic heterocycles. The fourth-order valence-corrected chi connectivity index (χ4v) is 4.38. The number of phenols is 1. The fraction of sp³-hybridized carbons (Fsp3) is 0.375. The molecule has 1 aromatic carbocycles. The second-order valence-electron chi connectivity index (χ2n) is 8.66. The highest BCUT2D eigenvalue weighted by Gasteiger charge is 2.25. The van der Waals surface area contributed by atoms with Gasteiger partial charge in [0.25, 0.3) is 11.5 Å². The molecule has 1 aliphatic heterocycles. The van der Waals surface area contributed by atoms with E-state index in [-0.39, 0.29) is 17.2 Å². The first-order valence-corrected chi connectivity index (χ1v) is 11.0. The van der Waals surface area contributed by atoms with Crippen molar-refractivity contribution >= 4 is 16.9 Å². The van der Waals surface area contributed by atoms with Crippen molar-refractivity contribution in [3.8, 4) is 22.8 Å². The minimum atomic E-state index is -0.773. The normalized spacial score (nSPS) is 16.9. The monoisotopic (exact) mass is 434 g/mol. The lowest BCUT2D eigenvalue weighted by Crippen LogP contribution is -2.27. The van der Waals surface area contributed by atoms with Gasteiger partial charge in [-0.3, -0.25) is 9.59 Å². The number of aromatic amines is 1. The van der Waals surface area contributed by atoms with Crippen molar-refractivity contribution in [2.45, 2.75) is 31.6 Å². The number of hydrogen-bond donors (Lipinski definition) is 4. The lowest BCUT2D eigenvalue weighted by Gasteiger charge is -2.25. The van der Waals surface area contributed by atoms with E-state index in [1.165, 1.54) is 0 Å². The molecule has 0 radical (unpaired) electrons. The number of piperidine rings is 1. The van der Waals surface area contributed by atoms with Crippen molar-refractivity contribution in [3.63, 3.8) is 0 Å². The van der Waals surface area contributed by atoms with E-state index in [1.54, 1.807) is 18.2 Å². The molecule has 5 rings (SSSR count). The van der Waals surface area contributed by atoms with Gasteiger partial charge in [-0.05, 0) is 80.4 Å². The summed E-state index contributed by atoms with van der Waals surface area (Å²) < 4.78 is 6.02. The molecule has 0 unspecified atom stereocenters. The van der Waals surface area contributed by atoms with E-state index in [0.717, 1.165) is 44.3 Å². The van der Waals surface area contributed by atoms with Gasteiger partial charge in [0.2, 0.25) is 0 Å². The number of ether oxygens (including phenoxy) is 1. The van der Waals surface area contributed by atoms with E-state index in [1.807, 2.05) is 12.1 Å². The Hall–Kier alpha value is -3.39. The zero-order valence-electron chi connectivity index (χ0n) is 17.7. The summed E-state index contributed by atoms with van der Waals surface area (Å²) >= 11 is 0. The van der Waals surface area contributed by atoms with Crippen LogP contribution >= 0.6 is 0 Å². The molecule has 1 aliphatic carbocycles. The number of H-pyrrole nitrogens is 1. The second-order valence-corrected chi connectivity index (χ2v) is 8.66. The number of pyridine rings is 2. The molecule has 0 spiro atoms. The highest BCUT2D eigenvalue weighted by atomic mass is 16.5. The maximum atomic E-state index is 12.4. The average Bonchev–Trinajstić information content (AvgIpc) is 3.61. The van der Waals surface area contributed by atoms with Crippen LogP contribution in [0.15, 0.2) is 35.1 Å². The summed E-state index contributed by atoms with van der Waals surface area (Å²) in [7, 11) is 0. The van der Waals surface area contributed by atoms with Crippen LogP contribution < -0.4 is 21.3 Å². The first kappa shape index (κ1) is 20.5. The number of nitrogens with two attached hydrogens (primary N) is 1. The molecule has 5 N–H and O–H groups in total. The van der Waals surface area contributed by atoms with Crippen LogP contribution in [0.3, 0.4) is 0 Å². The predicted octanol–water partition coefficient (Wildman–Crippen LogP) is 2.65. The van der Waals surface area contributed by atoms with Gasteiger partial charge in [-0.25, -0.2) is 4.98 Å². The molecule has 1 amide bonds. The Morgan fingerprint density at radius 1 is 1.19 bits per heavy atom. The number of hydrogen-bond acceptors (Lipinski definition) is 6. The number of rotatable bonds is 6. The van der Waals surface area contributed by atoms with Gasteiger partial charge in [-0.1, -0.05) is 6.07 Å². The maximum absolute atomic E-state index is 12.4. The summed E-state index contributed by atoms with van der Waals surface area (Å²) in [6, 6.07) is 8.66. The molecule has 2 aliphatic rings. The lowest BCUT2D eigenvalue weighted by atomic mass is 9.87. The summed E-state index contributed by atoms with van der Waals surface area (Å²) in [6.45, 7) is 2.36. The Labute approximate surface area is 184 Å². The van der Waals surface area contributed by atoms with Crippen molar-refractivity contribution in [2.75, 3.05) is 19.7 Å². The fourth-order valence-electron chi connectivity index (χ4n) is 4.38. The molecule has 0 atom stereocenters. The topological polar surface area (TPSA) is 130 Å². The summed E-state index contributed by atoms with van der Waals surface area (Å²) in [5, 5.41) is 14.8. The first-order chi connectivity index (χ1) is 15.5. The van der Waals surface area contributed by atoms with Gasteiger partial charge in [0, 0.05) is 5.39 Å². The van der Waals surface area contributed by atoms with Gasteiger partial charge < -0.3 is 25.9 Å². The zero-order valence-corrected chi connectivity index (χ0v) is 17.7. The highest BCUT2D eigenvalue weighted by molar-refractivity contribution is 5.97. The molecule has 0 bridgehead atoms. The molecule has 1 saturated heterocycles. The van der Waals surface area contributed by atoms with Crippen molar-refractivity contribution in [1.82, 2.24) is 15.3 Å². The Kier molecular flexibility index (Phi) is 5.30. The molecule has 2 fully saturated rings. The van der Waals surface area contributed by atoms with Crippen molar-refractivity contribution in [3.05, 3.63) is 51.8 Å². The van der Waals surface area contributed by atoms with Gasteiger partial charge in [-0.2, -0.15) is 0 Å². The second kappa shape index (κ2) is 8.27. The quantitative estimate of drug-likeness (QED) is 0.472. The predicted molar refractivity (Wildman–Crippen MR) is 121 cm³/mol. The number of nitrogens with one attached hydrogen (secondary N) is 2. The van der Waals surface area contributed by atoms with E-state index in [4.69, 9.17) is 10.5 Å². The van der Waals surface area contributed by atoms with Crippen LogP contribution in [-0.2, 0) is 0 Å². The Morgan fingerprint density at radius 3 is 2.69 bits per heavy atom. The zero-order chi connectivity index (χ0) is 22.2. The first-order valence-electron chi connectivity index (χ1n) is 11.0. The number of carbonyl (C=O) groups excluding carboxylic acids is 1. The third kappa shape index (κ3) is 3.93. The molecule has 32 heavy (non-hydrogen) atoms. The van der Waals surface area contributed by atoms with Crippen molar-refractivity contribution in [1.29, 1.82) is 0 Å². The number of nitrogens with zero attached hydrogens (tertiary/aromatic N) is 1. The number of carbonyl (C=O) groups is 1. The Bertz CT molecular complexity index is 1240. The SMILES string of the molecule is NC(=O)c1cc2c(C3CCNCC3)cc(-c3c(O)cccc3OCC3CC3)nc2[nH]c1=O. The smallest absolute Gasteiger partial charge is 0.262 e. The van der Waals surface area contributed by atoms with E-state index in [0.29, 0.717) is 40.6 Å². The van der Waals surface area contributed by atoms with E-state index >= 15 is 0 Å². The third-order valence-corrected chi connectivity index (χ3v) is 6.33. The van der Waals surface area contributed by atoms with Crippen LogP contribution in [0.5, 0.6) is 11.5 Å². The Morgan fingerprint density at radius 2 is 1.97 bits per heavy atom. The number of aromatic nitrogens is 2. The average molecular weight is 434 g/mol. The van der Waals surface area contributed by atoms with E-state index < -0.39 is 11.5 Å². The molecule has 1 saturated carbocycles. The third-order valence-electron chi connectivity index (χ3n) is 6.33. The van der Waals surface area contributed by atoms with Crippen LogP contribution in [0.1, 0.15) is 47.5 Å². The molecule has 8 nitrogen and oxygen atoms in total. The number of phenolic OH excluding ortho intramolecular Hbond substituents is 1. The molecular formula is C24H26N4O4. The molecule has 3 heterocycles. The van der Waals surface area contributed by atoms with Gasteiger partial charge >= 0.3 is 0 Å². The summed E-state index contributed by atoms with van der Waals surface area (Å²) in [4.78, 5) is 31.6. The summed E-state index contributed by atoms with van der Waals surface area (Å²) in [5.41, 5.74) is 7.13. The van der Waals surface area contributed by atoms with Crippen LogP contribution in [0.2, 0.25) is 0 Å². The Balaban J connectivity index is 1.70. The largest absolute Gasteiger partial charge is 0.507 e. The van der Waals surface area contributed by atoms with Crippen LogP contribution in [-0.4, -0.2) is 40.7 Å². The molecule has 3 aromatic rings. The molecule has 166 valence electrons. The molecule has 8 heteroatoms. The minimum absolute atomic E-state index is 0.0671. The summed E-state index contributed by atoms with van der Waals surface area (Å²) in [5.74, 6) is 0.635. The van der Waals surface area contributed by atoms with Crippen LogP contribution in [0, 0.1) is 5.92 Å². The molecular weight excluding hydrogens is 408 g/mol. The van der Waals surface area contributed by atoms with Gasteiger partial charge in [-0.15, -0.1) is 0 Å². The minimum Gasteiger partial charge on any atom is -0.507 e. The maximum Gasteiger partial charge on any atom is 0.262 e.